The smallest absolute Gasteiger partial charge is 0.244 e. The van der Waals surface area contributed by atoms with Crippen LogP contribution in [0, 0.1) is 5.82 Å². The summed E-state index contributed by atoms with van der Waals surface area (Å²) in [6.07, 6.45) is 0.138. The molecule has 0 saturated carbocycles. The van der Waals surface area contributed by atoms with Crippen LogP contribution in [0.1, 0.15) is 18.1 Å². The summed E-state index contributed by atoms with van der Waals surface area (Å²) in [5.74, 6) is -0.597. The monoisotopic (exact) mass is 304 g/mol. The number of hydrogen-bond acceptors (Lipinski definition) is 2. The van der Waals surface area contributed by atoms with Gasteiger partial charge < -0.3 is 0 Å². The molecule has 3 nitrogen and oxygen atoms in total. The number of carbonyl (C=O) groups is 1. The van der Waals surface area contributed by atoms with Crippen LogP contribution in [0.5, 0.6) is 0 Å². The van der Waals surface area contributed by atoms with E-state index in [1.807, 2.05) is 18.2 Å². The van der Waals surface area contributed by atoms with E-state index >= 15 is 0 Å². The second kappa shape index (κ2) is 6.99. The fourth-order valence-electron chi connectivity index (χ4n) is 1.79. The van der Waals surface area contributed by atoms with Gasteiger partial charge in [0.05, 0.1) is 12.1 Å². The molecule has 1 amide bonds. The van der Waals surface area contributed by atoms with Crippen LogP contribution in [0.25, 0.3) is 0 Å². The minimum atomic E-state index is -0.327. The lowest BCUT2D eigenvalue weighted by Gasteiger charge is -2.05. The molecule has 2 rings (SSSR count). The predicted octanol–water partition coefficient (Wildman–Crippen LogP) is 3.56. The van der Waals surface area contributed by atoms with E-state index in [0.29, 0.717) is 10.7 Å². The van der Waals surface area contributed by atoms with Crippen molar-refractivity contribution in [1.82, 2.24) is 5.43 Å². The van der Waals surface area contributed by atoms with Crippen LogP contribution < -0.4 is 5.43 Å². The third kappa shape index (κ3) is 4.39. The molecule has 0 aliphatic heterocycles. The molecule has 0 saturated heterocycles. The van der Waals surface area contributed by atoms with Gasteiger partial charge in [-0.15, -0.1) is 0 Å². The summed E-state index contributed by atoms with van der Waals surface area (Å²) in [6, 6.07) is 13.0. The number of amides is 1. The molecule has 2 aromatic carbocycles. The summed E-state index contributed by atoms with van der Waals surface area (Å²) in [5.41, 5.74) is 4.57. The molecule has 0 aromatic heterocycles. The highest BCUT2D eigenvalue weighted by molar-refractivity contribution is 6.34. The quantitative estimate of drug-likeness (QED) is 0.681. The minimum absolute atomic E-state index is 0.138. The molecular weight excluding hydrogens is 291 g/mol. The van der Waals surface area contributed by atoms with Gasteiger partial charge in [-0.2, -0.15) is 5.10 Å². The zero-order chi connectivity index (χ0) is 15.2. The summed E-state index contributed by atoms with van der Waals surface area (Å²) in [5, 5.41) is 4.60. The van der Waals surface area contributed by atoms with Gasteiger partial charge in [-0.3, -0.25) is 4.79 Å². The number of hydrazone groups is 1. The maximum atomic E-state index is 12.8. The largest absolute Gasteiger partial charge is 0.273 e. The van der Waals surface area contributed by atoms with E-state index in [1.54, 1.807) is 25.1 Å². The Kier molecular flexibility index (Phi) is 5.06. The first-order valence-electron chi connectivity index (χ1n) is 6.39. The standard InChI is InChI=1S/C16H14ClFN2O/c1-11(14-4-2-3-5-15(14)17)19-20-16(21)10-12-6-8-13(18)9-7-12/h2-9H,10H2,1H3,(H,20,21)/b19-11-. The van der Waals surface area contributed by atoms with E-state index in [9.17, 15) is 9.18 Å². The van der Waals surface area contributed by atoms with Gasteiger partial charge in [0.1, 0.15) is 5.82 Å². The molecule has 0 fully saturated rings. The molecule has 0 atom stereocenters. The molecule has 21 heavy (non-hydrogen) atoms. The van der Waals surface area contributed by atoms with E-state index in [-0.39, 0.29) is 18.1 Å². The van der Waals surface area contributed by atoms with Gasteiger partial charge in [-0.05, 0) is 30.7 Å². The molecular formula is C16H14ClFN2O. The average Bonchev–Trinajstić information content (AvgIpc) is 2.48. The molecule has 0 radical (unpaired) electrons. The molecule has 0 bridgehead atoms. The molecule has 5 heteroatoms. The Labute approximate surface area is 127 Å². The summed E-state index contributed by atoms with van der Waals surface area (Å²) >= 11 is 6.05. The molecule has 1 N–H and O–H groups in total. The predicted molar refractivity (Wildman–Crippen MR) is 81.9 cm³/mol. The second-order valence-electron chi connectivity index (χ2n) is 4.52. The summed E-state index contributed by atoms with van der Waals surface area (Å²) in [4.78, 5) is 11.8. The third-order valence-corrected chi connectivity index (χ3v) is 3.22. The van der Waals surface area contributed by atoms with Gasteiger partial charge in [0.15, 0.2) is 0 Å². The first kappa shape index (κ1) is 15.2. The molecule has 0 aliphatic rings. The van der Waals surface area contributed by atoms with Crippen molar-refractivity contribution in [2.45, 2.75) is 13.3 Å². The molecule has 0 spiro atoms. The summed E-state index contributed by atoms with van der Waals surface area (Å²) in [6.45, 7) is 1.76. The molecule has 0 aliphatic carbocycles. The fraction of sp³-hybridized carbons (Fsp3) is 0.125. The zero-order valence-electron chi connectivity index (χ0n) is 11.4. The van der Waals surface area contributed by atoms with Crippen LogP contribution in [0.3, 0.4) is 0 Å². The Morgan fingerprint density at radius 1 is 1.19 bits per heavy atom. The lowest BCUT2D eigenvalue weighted by Crippen LogP contribution is -2.21. The van der Waals surface area contributed by atoms with E-state index < -0.39 is 0 Å². The first-order chi connectivity index (χ1) is 10.1. The van der Waals surface area contributed by atoms with E-state index in [1.165, 1.54) is 12.1 Å². The van der Waals surface area contributed by atoms with E-state index in [4.69, 9.17) is 11.6 Å². The Bertz CT molecular complexity index is 668. The Hall–Kier alpha value is -2.20. The maximum absolute atomic E-state index is 12.8. The number of nitrogens with zero attached hydrogens (tertiary/aromatic N) is 1. The SMILES string of the molecule is C/C(=N/NC(=O)Cc1ccc(F)cc1)c1ccccc1Cl. The normalized spacial score (nSPS) is 11.3. The van der Waals surface area contributed by atoms with Crippen LogP contribution in [0.4, 0.5) is 4.39 Å². The van der Waals surface area contributed by atoms with Crippen molar-refractivity contribution in [3.8, 4) is 0 Å². The number of rotatable bonds is 4. The van der Waals surface area contributed by atoms with Crippen LogP contribution in [0.2, 0.25) is 5.02 Å². The summed E-state index contributed by atoms with van der Waals surface area (Å²) in [7, 11) is 0. The van der Waals surface area contributed by atoms with Crippen LogP contribution >= 0.6 is 11.6 Å². The average molecular weight is 305 g/mol. The van der Waals surface area contributed by atoms with Gasteiger partial charge in [0, 0.05) is 10.6 Å². The van der Waals surface area contributed by atoms with Crippen molar-refractivity contribution < 1.29 is 9.18 Å². The van der Waals surface area contributed by atoms with Gasteiger partial charge in [0.2, 0.25) is 5.91 Å². The van der Waals surface area contributed by atoms with Crippen molar-refractivity contribution >= 4 is 23.2 Å². The van der Waals surface area contributed by atoms with Crippen molar-refractivity contribution in [1.29, 1.82) is 0 Å². The fourth-order valence-corrected chi connectivity index (χ4v) is 2.06. The summed E-state index contributed by atoms with van der Waals surface area (Å²) < 4.78 is 12.8. The van der Waals surface area contributed by atoms with Gasteiger partial charge in [-0.25, -0.2) is 9.82 Å². The van der Waals surface area contributed by atoms with Gasteiger partial charge in [-0.1, -0.05) is 41.9 Å². The lowest BCUT2D eigenvalue weighted by molar-refractivity contribution is -0.120. The van der Waals surface area contributed by atoms with Crippen molar-refractivity contribution in [3.05, 3.63) is 70.5 Å². The Morgan fingerprint density at radius 3 is 2.52 bits per heavy atom. The van der Waals surface area contributed by atoms with Crippen molar-refractivity contribution in [2.75, 3.05) is 0 Å². The number of carbonyl (C=O) groups excluding carboxylic acids is 1. The maximum Gasteiger partial charge on any atom is 0.244 e. The molecule has 108 valence electrons. The highest BCUT2D eigenvalue weighted by Crippen LogP contribution is 2.15. The molecule has 0 heterocycles. The highest BCUT2D eigenvalue weighted by Gasteiger charge is 2.05. The van der Waals surface area contributed by atoms with E-state index in [2.05, 4.69) is 10.5 Å². The second-order valence-corrected chi connectivity index (χ2v) is 4.92. The van der Waals surface area contributed by atoms with Gasteiger partial charge >= 0.3 is 0 Å². The Balaban J connectivity index is 1.98. The molecule has 0 unspecified atom stereocenters. The lowest BCUT2D eigenvalue weighted by atomic mass is 10.1. The van der Waals surface area contributed by atoms with Gasteiger partial charge in [0.25, 0.3) is 0 Å². The van der Waals surface area contributed by atoms with Crippen molar-refractivity contribution in [3.63, 3.8) is 0 Å². The third-order valence-electron chi connectivity index (χ3n) is 2.89. The Morgan fingerprint density at radius 2 is 1.86 bits per heavy atom. The van der Waals surface area contributed by atoms with E-state index in [0.717, 1.165) is 11.1 Å². The first-order valence-corrected chi connectivity index (χ1v) is 6.76. The number of hydrogen-bond donors (Lipinski definition) is 1. The number of benzene rings is 2. The minimum Gasteiger partial charge on any atom is -0.273 e. The van der Waals surface area contributed by atoms with Crippen LogP contribution in [-0.2, 0) is 11.2 Å². The number of halogens is 2. The number of nitrogens with one attached hydrogen (secondary N) is 1. The highest BCUT2D eigenvalue weighted by atomic mass is 35.5. The molecule has 2 aromatic rings. The van der Waals surface area contributed by atoms with Crippen LogP contribution in [0.15, 0.2) is 53.6 Å². The van der Waals surface area contributed by atoms with Crippen molar-refractivity contribution in [2.24, 2.45) is 5.10 Å². The topological polar surface area (TPSA) is 41.5 Å². The van der Waals surface area contributed by atoms with Crippen LogP contribution in [-0.4, -0.2) is 11.6 Å². The zero-order valence-corrected chi connectivity index (χ0v) is 12.2.